The summed E-state index contributed by atoms with van der Waals surface area (Å²) in [7, 11) is 1.58. The van der Waals surface area contributed by atoms with Crippen molar-refractivity contribution in [2.75, 3.05) is 13.7 Å². The molecule has 5 aliphatic rings. The van der Waals surface area contributed by atoms with Crippen LogP contribution in [0.25, 0.3) is 0 Å². The van der Waals surface area contributed by atoms with E-state index >= 15 is 0 Å². The zero-order chi connectivity index (χ0) is 21.8. The topological polar surface area (TPSA) is 87.7 Å². The van der Waals surface area contributed by atoms with Gasteiger partial charge in [-0.1, -0.05) is 18.2 Å². The van der Waals surface area contributed by atoms with Gasteiger partial charge in [-0.25, -0.2) is 4.79 Å². The predicted octanol–water partition coefficient (Wildman–Crippen LogP) is 2.63. The molecule has 2 N–H and O–H groups in total. The lowest BCUT2D eigenvalue weighted by molar-refractivity contribution is -0.136. The van der Waals surface area contributed by atoms with Crippen LogP contribution in [-0.2, 0) is 16.0 Å². The molecule has 6 rings (SSSR count). The summed E-state index contributed by atoms with van der Waals surface area (Å²) in [5.74, 6) is 2.21. The Hall–Kier alpha value is -2.57. The van der Waals surface area contributed by atoms with Crippen molar-refractivity contribution in [3.63, 3.8) is 0 Å². The Kier molecular flexibility index (Phi) is 4.75. The number of rotatable bonds is 6. The Labute approximate surface area is 182 Å². The van der Waals surface area contributed by atoms with Gasteiger partial charge in [0.05, 0.1) is 7.11 Å². The van der Waals surface area contributed by atoms with Crippen LogP contribution in [0.4, 0.5) is 4.79 Å². The first kappa shape index (κ1) is 20.3. The highest BCUT2D eigenvalue weighted by Crippen LogP contribution is 2.55. The number of carbonyl (C=O) groups is 3. The van der Waals surface area contributed by atoms with Crippen LogP contribution in [0, 0.1) is 17.8 Å². The minimum Gasteiger partial charge on any atom is -0.496 e. The second kappa shape index (κ2) is 7.24. The summed E-state index contributed by atoms with van der Waals surface area (Å²) in [5, 5.41) is 6.05. The highest BCUT2D eigenvalue weighted by atomic mass is 16.5. The van der Waals surface area contributed by atoms with E-state index in [4.69, 9.17) is 4.74 Å². The number of methoxy groups -OCH3 is 1. The van der Waals surface area contributed by atoms with E-state index in [1.807, 2.05) is 24.3 Å². The Morgan fingerprint density at radius 3 is 2.35 bits per heavy atom. The third-order valence-electron chi connectivity index (χ3n) is 7.83. The maximum absolute atomic E-state index is 13.2. The number of nitrogens with one attached hydrogen (secondary N) is 2. The summed E-state index contributed by atoms with van der Waals surface area (Å²) in [4.78, 5) is 39.8. The van der Waals surface area contributed by atoms with Crippen molar-refractivity contribution in [1.29, 1.82) is 0 Å². The molecule has 31 heavy (non-hydrogen) atoms. The summed E-state index contributed by atoms with van der Waals surface area (Å²) in [6.07, 6.45) is 7.30. The lowest BCUT2D eigenvalue weighted by atomic mass is 9.53. The van der Waals surface area contributed by atoms with E-state index in [9.17, 15) is 14.4 Å². The zero-order valence-corrected chi connectivity index (χ0v) is 18.3. The van der Waals surface area contributed by atoms with E-state index in [1.165, 1.54) is 19.3 Å². The first-order chi connectivity index (χ1) is 14.8. The molecule has 4 saturated carbocycles. The number of amides is 4. The number of imide groups is 1. The van der Waals surface area contributed by atoms with Crippen LogP contribution in [0.2, 0.25) is 0 Å². The van der Waals surface area contributed by atoms with E-state index in [0.717, 1.165) is 29.7 Å². The van der Waals surface area contributed by atoms with Gasteiger partial charge in [-0.15, -0.1) is 0 Å². The van der Waals surface area contributed by atoms with Crippen LogP contribution in [0.3, 0.4) is 0 Å². The molecule has 1 saturated heterocycles. The van der Waals surface area contributed by atoms with Gasteiger partial charge in [-0.3, -0.25) is 14.5 Å². The Morgan fingerprint density at radius 2 is 1.74 bits per heavy atom. The van der Waals surface area contributed by atoms with Gasteiger partial charge < -0.3 is 15.4 Å². The van der Waals surface area contributed by atoms with Crippen LogP contribution in [0.1, 0.15) is 51.0 Å². The van der Waals surface area contributed by atoms with Gasteiger partial charge in [-0.2, -0.15) is 0 Å². The molecule has 4 aliphatic carbocycles. The fourth-order valence-electron chi connectivity index (χ4n) is 6.98. The maximum Gasteiger partial charge on any atom is 0.325 e. The summed E-state index contributed by atoms with van der Waals surface area (Å²) >= 11 is 0. The minimum absolute atomic E-state index is 0.133. The molecule has 4 amide bonds. The molecule has 4 bridgehead atoms. The largest absolute Gasteiger partial charge is 0.496 e. The van der Waals surface area contributed by atoms with Crippen LogP contribution < -0.4 is 15.4 Å². The molecule has 5 fully saturated rings. The van der Waals surface area contributed by atoms with Crippen LogP contribution in [0.15, 0.2) is 24.3 Å². The second-order valence-corrected chi connectivity index (χ2v) is 10.4. The van der Waals surface area contributed by atoms with Gasteiger partial charge in [0.2, 0.25) is 5.91 Å². The van der Waals surface area contributed by atoms with Gasteiger partial charge >= 0.3 is 6.03 Å². The van der Waals surface area contributed by atoms with Gasteiger partial charge in [0.25, 0.3) is 5.91 Å². The van der Waals surface area contributed by atoms with E-state index < -0.39 is 11.6 Å². The molecule has 0 unspecified atom stereocenters. The van der Waals surface area contributed by atoms with Gasteiger partial charge in [0.15, 0.2) is 0 Å². The van der Waals surface area contributed by atoms with Crippen LogP contribution >= 0.6 is 0 Å². The van der Waals surface area contributed by atoms with Crippen molar-refractivity contribution in [2.24, 2.45) is 17.8 Å². The molecular weight excluding hydrogens is 394 g/mol. The predicted molar refractivity (Wildman–Crippen MR) is 114 cm³/mol. The summed E-state index contributed by atoms with van der Waals surface area (Å²) < 4.78 is 5.39. The Morgan fingerprint density at radius 1 is 1.13 bits per heavy atom. The SMILES string of the molecule is COc1ccccc1C[C@]1(C)NC(=O)N(CC(=O)NC23CC4CC(CC(C4)C2)C3)C1=O. The number of nitrogens with zero attached hydrogens (tertiary/aromatic N) is 1. The normalized spacial score (nSPS) is 35.9. The lowest BCUT2D eigenvalue weighted by Crippen LogP contribution is -2.61. The summed E-state index contributed by atoms with van der Waals surface area (Å²) in [6, 6.07) is 6.94. The molecule has 1 heterocycles. The number of hydrogen-bond donors (Lipinski definition) is 2. The van der Waals surface area contributed by atoms with Crippen molar-refractivity contribution in [3.05, 3.63) is 29.8 Å². The van der Waals surface area contributed by atoms with Gasteiger partial charge in [0.1, 0.15) is 17.8 Å². The lowest BCUT2D eigenvalue weighted by Gasteiger charge is -2.56. The smallest absolute Gasteiger partial charge is 0.325 e. The zero-order valence-electron chi connectivity index (χ0n) is 18.3. The first-order valence-electron chi connectivity index (χ1n) is 11.4. The van der Waals surface area contributed by atoms with Gasteiger partial charge in [-0.05, 0) is 74.8 Å². The standard InChI is InChI=1S/C24H31N3O4/c1-23(13-18-5-3-4-6-19(18)31-2)21(29)27(22(30)26-23)14-20(28)25-24-10-15-7-16(11-24)9-17(8-15)12-24/h3-6,15-17H,7-14H2,1-2H3,(H,25,28)(H,26,30)/t15?,16?,17?,23-,24?/m0/s1. The number of carbonyl (C=O) groups excluding carboxylic acids is 3. The van der Waals surface area contributed by atoms with Crippen molar-refractivity contribution in [3.8, 4) is 5.75 Å². The Balaban J connectivity index is 1.26. The Bertz CT molecular complexity index is 894. The molecule has 166 valence electrons. The molecule has 0 spiro atoms. The van der Waals surface area contributed by atoms with E-state index in [1.54, 1.807) is 14.0 Å². The molecule has 7 heteroatoms. The minimum atomic E-state index is -1.10. The summed E-state index contributed by atoms with van der Waals surface area (Å²) in [5.41, 5.74) is -0.403. The fourth-order valence-corrected chi connectivity index (χ4v) is 6.98. The maximum atomic E-state index is 13.2. The number of urea groups is 1. The molecular formula is C24H31N3O4. The first-order valence-corrected chi connectivity index (χ1v) is 11.4. The molecule has 1 aromatic rings. The molecule has 1 aliphatic heterocycles. The summed E-state index contributed by atoms with van der Waals surface area (Å²) in [6.45, 7) is 1.48. The molecule has 0 aromatic heterocycles. The molecule has 1 aromatic carbocycles. The highest BCUT2D eigenvalue weighted by Gasteiger charge is 2.53. The number of hydrogen-bond acceptors (Lipinski definition) is 4. The van der Waals surface area contributed by atoms with Crippen LogP contribution in [0.5, 0.6) is 5.75 Å². The third-order valence-corrected chi connectivity index (χ3v) is 7.83. The number of benzene rings is 1. The average Bonchev–Trinajstić information content (AvgIpc) is 2.90. The fraction of sp³-hybridized carbons (Fsp3) is 0.625. The van der Waals surface area contributed by atoms with Crippen LogP contribution in [-0.4, -0.2) is 47.5 Å². The van der Waals surface area contributed by atoms with E-state index in [-0.39, 0.29) is 23.9 Å². The van der Waals surface area contributed by atoms with E-state index in [0.29, 0.717) is 29.9 Å². The number of ether oxygens (including phenoxy) is 1. The average molecular weight is 426 g/mol. The third kappa shape index (κ3) is 3.58. The number of para-hydroxylation sites is 1. The van der Waals surface area contributed by atoms with Crippen molar-refractivity contribution < 1.29 is 19.1 Å². The van der Waals surface area contributed by atoms with Gasteiger partial charge in [0, 0.05) is 12.0 Å². The van der Waals surface area contributed by atoms with E-state index in [2.05, 4.69) is 10.6 Å². The quantitative estimate of drug-likeness (QED) is 0.686. The molecule has 0 radical (unpaired) electrons. The second-order valence-electron chi connectivity index (χ2n) is 10.4. The van der Waals surface area contributed by atoms with Crippen molar-refractivity contribution >= 4 is 17.8 Å². The highest BCUT2D eigenvalue weighted by molar-refractivity contribution is 6.09. The van der Waals surface area contributed by atoms with Crippen molar-refractivity contribution in [1.82, 2.24) is 15.5 Å². The monoisotopic (exact) mass is 425 g/mol. The molecule has 1 atom stereocenters. The molecule has 7 nitrogen and oxygen atoms in total. The van der Waals surface area contributed by atoms with Crippen molar-refractivity contribution in [2.45, 2.75) is 62.9 Å².